The molecule has 0 unspecified atom stereocenters. The molecule has 8 nitrogen and oxygen atoms in total. The van der Waals surface area contributed by atoms with Gasteiger partial charge < -0.3 is 39.9 Å². The third kappa shape index (κ3) is 2.44. The third-order valence-corrected chi connectivity index (χ3v) is 7.47. The van der Waals surface area contributed by atoms with Gasteiger partial charge in [0.25, 0.3) is 0 Å². The van der Waals surface area contributed by atoms with Gasteiger partial charge in [0, 0.05) is 21.9 Å². The molecule has 1 aromatic carbocycles. The molecule has 5 heterocycles. The minimum absolute atomic E-state index is 0.494. The van der Waals surface area contributed by atoms with Crippen molar-refractivity contribution in [2.75, 3.05) is 47.3 Å². The maximum absolute atomic E-state index is 6.60. The molecule has 0 atom stereocenters. The lowest BCUT2D eigenvalue weighted by atomic mass is 9.98. The summed E-state index contributed by atoms with van der Waals surface area (Å²) in [5, 5.41) is 3.88. The Morgan fingerprint density at radius 3 is 1.62 bits per heavy atom. The number of nitrogens with two attached hydrogens (primary N) is 2. The highest BCUT2D eigenvalue weighted by molar-refractivity contribution is 8.02. The second-order valence-electron chi connectivity index (χ2n) is 6.54. The summed E-state index contributed by atoms with van der Waals surface area (Å²) in [5.74, 6) is 2.91. The van der Waals surface area contributed by atoms with Crippen LogP contribution in [0, 0.1) is 0 Å². The molecule has 0 radical (unpaired) electrons. The van der Waals surface area contributed by atoms with Crippen LogP contribution in [-0.4, -0.2) is 26.4 Å². The zero-order valence-corrected chi connectivity index (χ0v) is 17.4. The van der Waals surface area contributed by atoms with Crippen LogP contribution in [0.25, 0.3) is 20.9 Å². The summed E-state index contributed by atoms with van der Waals surface area (Å²) in [4.78, 5) is 1.80. The first-order valence-electron chi connectivity index (χ1n) is 8.91. The van der Waals surface area contributed by atoms with Gasteiger partial charge in [-0.05, 0) is 0 Å². The van der Waals surface area contributed by atoms with Gasteiger partial charge in [-0.3, -0.25) is 0 Å². The van der Waals surface area contributed by atoms with Gasteiger partial charge in [0.05, 0.1) is 44.6 Å². The molecule has 150 valence electrons. The number of nitrogens with one attached hydrogen (secondary N) is 2. The molecule has 0 fully saturated rings. The van der Waals surface area contributed by atoms with Gasteiger partial charge in [-0.1, -0.05) is 0 Å². The fraction of sp³-hybridized carbons (Fsp3) is 0.222. The number of hydrogen-bond acceptors (Lipinski definition) is 11. The van der Waals surface area contributed by atoms with Crippen LogP contribution in [0.1, 0.15) is 0 Å². The lowest BCUT2D eigenvalue weighted by molar-refractivity contribution is 0.174. The van der Waals surface area contributed by atoms with Gasteiger partial charge in [-0.25, -0.2) is 0 Å². The number of hydrogen-bond donors (Lipinski definition) is 4. The quantitative estimate of drug-likeness (QED) is 0.337. The van der Waals surface area contributed by atoms with E-state index in [1.165, 1.54) is 34.8 Å². The van der Waals surface area contributed by atoms with Crippen molar-refractivity contribution in [1.29, 1.82) is 0 Å². The van der Waals surface area contributed by atoms with Crippen molar-refractivity contribution >= 4 is 57.6 Å². The molecule has 0 bridgehead atoms. The topological polar surface area (TPSA) is 113 Å². The molecular formula is C18H16N4O4S3. The summed E-state index contributed by atoms with van der Waals surface area (Å²) in [6.45, 7) is 2.09. The Bertz CT molecular complexity index is 1060. The highest BCUT2D eigenvalue weighted by atomic mass is 32.2. The van der Waals surface area contributed by atoms with Crippen LogP contribution >= 0.6 is 34.8 Å². The summed E-state index contributed by atoms with van der Waals surface area (Å²) in [5.41, 5.74) is 17.6. The minimum atomic E-state index is 0.494. The number of benzene rings is 1. The van der Waals surface area contributed by atoms with E-state index in [1.807, 2.05) is 10.8 Å². The van der Waals surface area contributed by atoms with Crippen molar-refractivity contribution in [3.63, 3.8) is 0 Å². The zero-order chi connectivity index (χ0) is 19.5. The van der Waals surface area contributed by atoms with Gasteiger partial charge in [0.2, 0.25) is 0 Å². The summed E-state index contributed by atoms with van der Waals surface area (Å²) in [6, 6.07) is 0. The summed E-state index contributed by atoms with van der Waals surface area (Å²) >= 11 is 4.43. The Morgan fingerprint density at radius 2 is 1.14 bits per heavy atom. The van der Waals surface area contributed by atoms with E-state index in [2.05, 4.69) is 9.44 Å². The number of rotatable bonds is 2. The average Bonchev–Trinajstić information content (AvgIpc) is 3.48. The Hall–Kier alpha value is -2.63. The van der Waals surface area contributed by atoms with E-state index in [0.717, 1.165) is 43.8 Å². The molecular weight excluding hydrogens is 432 g/mol. The monoisotopic (exact) mass is 448 g/mol. The van der Waals surface area contributed by atoms with E-state index in [9.17, 15) is 0 Å². The molecule has 0 saturated carbocycles. The second-order valence-corrected chi connectivity index (χ2v) is 8.92. The van der Waals surface area contributed by atoms with E-state index in [4.69, 9.17) is 30.4 Å². The molecule has 0 amide bonds. The number of anilines is 4. The Labute approximate surface area is 178 Å². The molecule has 3 aliphatic rings. The molecule has 6 rings (SSSR count). The summed E-state index contributed by atoms with van der Waals surface area (Å²) in [6.07, 6.45) is 0. The fourth-order valence-electron chi connectivity index (χ4n) is 3.66. The van der Waals surface area contributed by atoms with Gasteiger partial charge in [0.1, 0.15) is 26.4 Å². The van der Waals surface area contributed by atoms with Crippen LogP contribution in [0.2, 0.25) is 0 Å². The SMILES string of the molecule is Nc1c(N)c(-c2scc3c2OCCO3)c2c(c1-c1scc3c1OCCO3)NSN2. The molecule has 6 N–H and O–H groups in total. The molecule has 2 aromatic heterocycles. The van der Waals surface area contributed by atoms with Crippen molar-refractivity contribution in [2.45, 2.75) is 0 Å². The van der Waals surface area contributed by atoms with E-state index in [0.29, 0.717) is 49.3 Å². The van der Waals surface area contributed by atoms with E-state index in [-0.39, 0.29) is 0 Å². The van der Waals surface area contributed by atoms with Crippen molar-refractivity contribution in [1.82, 2.24) is 0 Å². The highest BCUT2D eigenvalue weighted by Crippen LogP contribution is 2.60. The lowest BCUT2D eigenvalue weighted by Gasteiger charge is -2.21. The van der Waals surface area contributed by atoms with Crippen LogP contribution < -0.4 is 39.9 Å². The molecule has 29 heavy (non-hydrogen) atoms. The van der Waals surface area contributed by atoms with E-state index < -0.39 is 0 Å². The fourth-order valence-corrected chi connectivity index (χ4v) is 6.32. The Morgan fingerprint density at radius 1 is 0.690 bits per heavy atom. The van der Waals surface area contributed by atoms with Gasteiger partial charge in [-0.2, -0.15) is 0 Å². The standard InChI is InChI=1S/C18H16N4O4S3/c19-11-9(17-15-7(5-27-17)23-1-3-25-15)13-14(22-29-21-13)10(12(11)20)18-16-8(6-28-18)24-2-4-26-16/h5-6,21-22H,1-4,19-20H2. The number of thiophene rings is 2. The van der Waals surface area contributed by atoms with Crippen LogP contribution in [0.5, 0.6) is 23.0 Å². The van der Waals surface area contributed by atoms with Crippen LogP contribution in [0.15, 0.2) is 10.8 Å². The predicted octanol–water partition coefficient (Wildman–Crippen LogP) is 4.25. The van der Waals surface area contributed by atoms with Crippen molar-refractivity contribution in [3.05, 3.63) is 10.8 Å². The van der Waals surface area contributed by atoms with Crippen molar-refractivity contribution in [2.24, 2.45) is 0 Å². The maximum Gasteiger partial charge on any atom is 0.180 e. The van der Waals surface area contributed by atoms with Crippen LogP contribution in [-0.2, 0) is 0 Å². The number of fused-ring (bicyclic) bond motifs is 3. The second kappa shape index (κ2) is 6.44. The van der Waals surface area contributed by atoms with Gasteiger partial charge in [0.15, 0.2) is 23.0 Å². The Kier molecular flexibility index (Phi) is 3.83. The zero-order valence-electron chi connectivity index (χ0n) is 15.0. The Balaban J connectivity index is 1.59. The molecule has 11 heteroatoms. The first kappa shape index (κ1) is 17.2. The lowest BCUT2D eigenvalue weighted by Crippen LogP contribution is -2.15. The van der Waals surface area contributed by atoms with Crippen molar-refractivity contribution < 1.29 is 18.9 Å². The van der Waals surface area contributed by atoms with Gasteiger partial charge >= 0.3 is 0 Å². The van der Waals surface area contributed by atoms with E-state index >= 15 is 0 Å². The summed E-state index contributed by atoms with van der Waals surface area (Å²) in [7, 11) is 0. The average molecular weight is 449 g/mol. The predicted molar refractivity (Wildman–Crippen MR) is 119 cm³/mol. The minimum Gasteiger partial charge on any atom is -0.485 e. The van der Waals surface area contributed by atoms with E-state index in [1.54, 1.807) is 0 Å². The van der Waals surface area contributed by atoms with Crippen LogP contribution in [0.3, 0.4) is 0 Å². The van der Waals surface area contributed by atoms with Gasteiger partial charge in [-0.15, -0.1) is 22.7 Å². The molecule has 3 aromatic rings. The molecule has 0 aliphatic carbocycles. The maximum atomic E-state index is 6.60. The van der Waals surface area contributed by atoms with Crippen LogP contribution in [0.4, 0.5) is 22.7 Å². The molecule has 0 saturated heterocycles. The normalized spacial score (nSPS) is 16.1. The molecule has 3 aliphatic heterocycles. The first-order valence-corrected chi connectivity index (χ1v) is 11.5. The van der Waals surface area contributed by atoms with Crippen molar-refractivity contribution in [3.8, 4) is 43.9 Å². The highest BCUT2D eigenvalue weighted by Gasteiger charge is 2.33. The molecule has 0 spiro atoms. The third-order valence-electron chi connectivity index (χ3n) is 4.94. The first-order chi connectivity index (χ1) is 14.2. The number of ether oxygens (including phenoxy) is 4. The largest absolute Gasteiger partial charge is 0.485 e. The number of nitrogen functional groups attached to an aromatic ring is 2. The smallest absolute Gasteiger partial charge is 0.180 e. The summed E-state index contributed by atoms with van der Waals surface area (Å²) < 4.78 is 29.8.